The highest BCUT2D eigenvalue weighted by atomic mass is 15.2. The van der Waals surface area contributed by atoms with Gasteiger partial charge in [0.2, 0.25) is 0 Å². The Labute approximate surface area is 87.1 Å². The Bertz CT molecular complexity index is 195. The molecule has 1 unspecified atom stereocenters. The van der Waals surface area contributed by atoms with Crippen LogP contribution in [0.15, 0.2) is 0 Å². The molecular formula is C11H21N3. The van der Waals surface area contributed by atoms with Crippen LogP contribution in [0.25, 0.3) is 0 Å². The van der Waals surface area contributed by atoms with Crippen molar-refractivity contribution in [2.24, 2.45) is 5.92 Å². The summed E-state index contributed by atoms with van der Waals surface area (Å²) in [7, 11) is 0. The van der Waals surface area contributed by atoms with Gasteiger partial charge in [-0.05, 0) is 25.3 Å². The van der Waals surface area contributed by atoms with Gasteiger partial charge in [-0.1, -0.05) is 13.8 Å². The predicted octanol–water partition coefficient (Wildman–Crippen LogP) is 1.22. The van der Waals surface area contributed by atoms with Crippen LogP contribution in [0, 0.1) is 17.2 Å². The summed E-state index contributed by atoms with van der Waals surface area (Å²) in [4.78, 5) is 2.50. The van der Waals surface area contributed by atoms with E-state index in [9.17, 15) is 0 Å². The molecule has 0 amide bonds. The third kappa shape index (κ3) is 4.08. The molecular weight excluding hydrogens is 174 g/mol. The lowest BCUT2D eigenvalue weighted by Crippen LogP contribution is -2.46. The lowest BCUT2D eigenvalue weighted by molar-refractivity contribution is 0.175. The van der Waals surface area contributed by atoms with Crippen molar-refractivity contribution >= 4 is 0 Å². The normalized spacial score (nSPS) is 23.7. The Hall–Kier alpha value is -0.590. The Morgan fingerprint density at radius 3 is 3.00 bits per heavy atom. The molecule has 0 aliphatic carbocycles. The molecule has 1 fully saturated rings. The second-order valence-electron chi connectivity index (χ2n) is 4.53. The minimum absolute atomic E-state index is 0.486. The third-order valence-electron chi connectivity index (χ3n) is 2.60. The van der Waals surface area contributed by atoms with E-state index in [2.05, 4.69) is 30.1 Å². The number of nitriles is 1. The lowest BCUT2D eigenvalue weighted by Gasteiger charge is -2.33. The Balaban J connectivity index is 2.25. The number of likely N-dealkylation sites (tertiary alicyclic amines) is 1. The monoisotopic (exact) mass is 195 g/mol. The first-order valence-corrected chi connectivity index (χ1v) is 5.55. The van der Waals surface area contributed by atoms with Gasteiger partial charge in [-0.15, -0.1) is 0 Å². The molecule has 0 aromatic heterocycles. The van der Waals surface area contributed by atoms with Gasteiger partial charge in [-0.2, -0.15) is 5.26 Å². The van der Waals surface area contributed by atoms with Gasteiger partial charge in [-0.3, -0.25) is 0 Å². The van der Waals surface area contributed by atoms with E-state index < -0.39 is 0 Å². The standard InChI is InChI=1S/C11H21N3/c1-10(2)8-14-7-3-4-11(9-14)13-6-5-12/h10-11,13H,3-4,6-9H2,1-2H3. The van der Waals surface area contributed by atoms with Gasteiger partial charge < -0.3 is 10.2 Å². The van der Waals surface area contributed by atoms with Crippen LogP contribution in [-0.4, -0.2) is 37.1 Å². The number of hydrogen-bond acceptors (Lipinski definition) is 3. The quantitative estimate of drug-likeness (QED) is 0.686. The van der Waals surface area contributed by atoms with Crippen LogP contribution in [0.2, 0.25) is 0 Å². The zero-order valence-corrected chi connectivity index (χ0v) is 9.29. The van der Waals surface area contributed by atoms with Gasteiger partial charge >= 0.3 is 0 Å². The first-order chi connectivity index (χ1) is 6.72. The van der Waals surface area contributed by atoms with Gasteiger partial charge in [0.1, 0.15) is 0 Å². The van der Waals surface area contributed by atoms with Crippen molar-refractivity contribution in [2.75, 3.05) is 26.2 Å². The summed E-state index contributed by atoms with van der Waals surface area (Å²) in [6.45, 7) is 8.52. The van der Waals surface area contributed by atoms with Gasteiger partial charge in [0, 0.05) is 19.1 Å². The van der Waals surface area contributed by atoms with E-state index in [1.807, 2.05) is 0 Å². The fraction of sp³-hybridized carbons (Fsp3) is 0.909. The van der Waals surface area contributed by atoms with Crippen molar-refractivity contribution in [1.82, 2.24) is 10.2 Å². The molecule has 0 radical (unpaired) electrons. The summed E-state index contributed by atoms with van der Waals surface area (Å²) in [5.74, 6) is 0.740. The van der Waals surface area contributed by atoms with E-state index in [4.69, 9.17) is 5.26 Å². The maximum atomic E-state index is 8.48. The Kier molecular flexibility index (Phi) is 4.92. The van der Waals surface area contributed by atoms with E-state index in [0.717, 1.165) is 12.5 Å². The fourth-order valence-corrected chi connectivity index (χ4v) is 2.09. The molecule has 0 bridgehead atoms. The molecule has 1 saturated heterocycles. The number of rotatable bonds is 4. The molecule has 0 spiro atoms. The first-order valence-electron chi connectivity index (χ1n) is 5.55. The van der Waals surface area contributed by atoms with E-state index in [-0.39, 0.29) is 0 Å². The third-order valence-corrected chi connectivity index (χ3v) is 2.60. The molecule has 0 aromatic carbocycles. The number of piperidine rings is 1. The van der Waals surface area contributed by atoms with Crippen molar-refractivity contribution in [3.8, 4) is 6.07 Å². The van der Waals surface area contributed by atoms with Crippen LogP contribution in [0.1, 0.15) is 26.7 Å². The molecule has 1 heterocycles. The molecule has 1 atom stereocenters. The Morgan fingerprint density at radius 1 is 1.57 bits per heavy atom. The van der Waals surface area contributed by atoms with Gasteiger partial charge in [0.25, 0.3) is 0 Å². The lowest BCUT2D eigenvalue weighted by atomic mass is 10.0. The zero-order valence-electron chi connectivity index (χ0n) is 9.29. The number of nitrogens with zero attached hydrogens (tertiary/aromatic N) is 2. The molecule has 1 rings (SSSR count). The molecule has 0 saturated carbocycles. The van der Waals surface area contributed by atoms with Gasteiger partial charge in [0.05, 0.1) is 12.6 Å². The molecule has 3 heteroatoms. The average Bonchev–Trinajstić information content (AvgIpc) is 2.14. The summed E-state index contributed by atoms with van der Waals surface area (Å²) >= 11 is 0. The van der Waals surface area contributed by atoms with Crippen molar-refractivity contribution in [3.63, 3.8) is 0 Å². The fourth-order valence-electron chi connectivity index (χ4n) is 2.09. The number of nitrogens with one attached hydrogen (secondary N) is 1. The SMILES string of the molecule is CC(C)CN1CCCC(NCC#N)C1. The highest BCUT2D eigenvalue weighted by molar-refractivity contribution is 4.83. The second-order valence-corrected chi connectivity index (χ2v) is 4.53. The average molecular weight is 195 g/mol. The van der Waals surface area contributed by atoms with Gasteiger partial charge in [-0.25, -0.2) is 0 Å². The summed E-state index contributed by atoms with van der Waals surface area (Å²) in [5.41, 5.74) is 0. The minimum Gasteiger partial charge on any atom is -0.302 e. The second kappa shape index (κ2) is 6.00. The molecule has 1 N–H and O–H groups in total. The van der Waals surface area contributed by atoms with Crippen molar-refractivity contribution < 1.29 is 0 Å². The molecule has 1 aliphatic heterocycles. The van der Waals surface area contributed by atoms with E-state index >= 15 is 0 Å². The van der Waals surface area contributed by atoms with Crippen molar-refractivity contribution in [1.29, 1.82) is 5.26 Å². The van der Waals surface area contributed by atoms with Crippen LogP contribution in [0.4, 0.5) is 0 Å². The maximum absolute atomic E-state index is 8.48. The summed E-state index contributed by atoms with van der Waals surface area (Å²) in [6.07, 6.45) is 2.48. The van der Waals surface area contributed by atoms with Crippen LogP contribution in [0.3, 0.4) is 0 Å². The first kappa shape index (κ1) is 11.5. The summed E-state index contributed by atoms with van der Waals surface area (Å²) in [6, 6.07) is 2.67. The van der Waals surface area contributed by atoms with E-state index in [0.29, 0.717) is 12.6 Å². The predicted molar refractivity (Wildman–Crippen MR) is 57.9 cm³/mol. The van der Waals surface area contributed by atoms with Gasteiger partial charge in [0.15, 0.2) is 0 Å². The van der Waals surface area contributed by atoms with Crippen LogP contribution >= 0.6 is 0 Å². The largest absolute Gasteiger partial charge is 0.302 e. The topological polar surface area (TPSA) is 39.1 Å². The highest BCUT2D eigenvalue weighted by Gasteiger charge is 2.19. The molecule has 14 heavy (non-hydrogen) atoms. The van der Waals surface area contributed by atoms with E-state index in [1.165, 1.54) is 25.9 Å². The minimum atomic E-state index is 0.486. The molecule has 1 aliphatic rings. The highest BCUT2D eigenvalue weighted by Crippen LogP contribution is 2.11. The molecule has 3 nitrogen and oxygen atoms in total. The molecule has 0 aromatic rings. The van der Waals surface area contributed by atoms with E-state index in [1.54, 1.807) is 0 Å². The molecule has 80 valence electrons. The van der Waals surface area contributed by atoms with Crippen LogP contribution in [0.5, 0.6) is 0 Å². The smallest absolute Gasteiger partial charge is 0.0843 e. The van der Waals surface area contributed by atoms with Crippen LogP contribution in [-0.2, 0) is 0 Å². The number of hydrogen-bond donors (Lipinski definition) is 1. The van der Waals surface area contributed by atoms with Crippen molar-refractivity contribution in [3.05, 3.63) is 0 Å². The summed E-state index contributed by atoms with van der Waals surface area (Å²) in [5, 5.41) is 11.8. The zero-order chi connectivity index (χ0) is 10.4. The van der Waals surface area contributed by atoms with Crippen LogP contribution < -0.4 is 5.32 Å². The van der Waals surface area contributed by atoms with Crippen molar-refractivity contribution in [2.45, 2.75) is 32.7 Å². The Morgan fingerprint density at radius 2 is 2.36 bits per heavy atom. The summed E-state index contributed by atoms with van der Waals surface area (Å²) < 4.78 is 0. The maximum Gasteiger partial charge on any atom is 0.0843 e.